The number of anilines is 1. The average Bonchev–Trinajstić information content (AvgIpc) is 3.85. The van der Waals surface area contributed by atoms with Gasteiger partial charge in [0.05, 0.1) is 0 Å². The first-order chi connectivity index (χ1) is 32.9. The number of carbonyl (C=O) groups is 3. The van der Waals surface area contributed by atoms with Gasteiger partial charge in [-0.2, -0.15) is 0 Å². The minimum atomic E-state index is -1.75. The molecular weight excluding hydrogens is 899 g/mol. The van der Waals surface area contributed by atoms with Crippen LogP contribution in [0, 0.1) is 0 Å². The Bertz CT molecular complexity index is 2790. The molecule has 2 aliphatic rings. The third kappa shape index (κ3) is 9.42. The van der Waals surface area contributed by atoms with Crippen LogP contribution in [0.2, 0.25) is 0 Å². The molecule has 67 heavy (non-hydrogen) atoms. The first-order valence-electron chi connectivity index (χ1n) is 21.3. The van der Waals surface area contributed by atoms with Crippen molar-refractivity contribution in [3.05, 3.63) is 244 Å². The van der Waals surface area contributed by atoms with Crippen molar-refractivity contribution in [1.82, 2.24) is 15.2 Å². The SMILES string of the molecule is CON=C(C(=O)NC1C(=O)N2C(C(=O)OC(c3ccccc3)c3ccccc3)=C(C=CSc3ccccc3)C[S+]([O-])C12)c1csc(NC(c2ccccc2)(c2ccccc2)c2ccccc2)n1. The second-order valence-corrected chi connectivity index (χ2v) is 18.8. The maximum absolute atomic E-state index is 14.6. The van der Waals surface area contributed by atoms with Crippen molar-refractivity contribution in [3.63, 3.8) is 0 Å². The van der Waals surface area contributed by atoms with Gasteiger partial charge >= 0.3 is 5.97 Å². The summed E-state index contributed by atoms with van der Waals surface area (Å²) in [6.07, 6.45) is 0.883. The summed E-state index contributed by atoms with van der Waals surface area (Å²) < 4.78 is 20.5. The van der Waals surface area contributed by atoms with E-state index < -0.39 is 52.0 Å². The summed E-state index contributed by atoms with van der Waals surface area (Å²) in [6, 6.07) is 57.1. The Balaban J connectivity index is 1.00. The van der Waals surface area contributed by atoms with Gasteiger partial charge in [-0.1, -0.05) is 187 Å². The van der Waals surface area contributed by atoms with Crippen molar-refractivity contribution in [3.8, 4) is 0 Å². The van der Waals surface area contributed by atoms with Crippen LogP contribution in [0.4, 0.5) is 5.13 Å². The quantitative estimate of drug-likeness (QED) is 0.0184. The number of benzene rings is 6. The number of allylic oxidation sites excluding steroid dienone is 1. The molecule has 0 bridgehead atoms. The van der Waals surface area contributed by atoms with Gasteiger partial charge in [0.2, 0.25) is 5.37 Å². The van der Waals surface area contributed by atoms with Gasteiger partial charge in [0.1, 0.15) is 29.8 Å². The number of hydrogen-bond acceptors (Lipinski definition) is 11. The van der Waals surface area contributed by atoms with E-state index in [0.717, 1.165) is 32.7 Å². The smallest absolute Gasteiger partial charge is 0.356 e. The predicted molar refractivity (Wildman–Crippen MR) is 263 cm³/mol. The third-order valence-electron chi connectivity index (χ3n) is 11.3. The van der Waals surface area contributed by atoms with Crippen molar-refractivity contribution in [2.24, 2.45) is 5.16 Å². The minimum absolute atomic E-state index is 0.0402. The maximum Gasteiger partial charge on any atom is 0.356 e. The molecule has 9 rings (SSSR count). The van der Waals surface area contributed by atoms with E-state index in [9.17, 15) is 18.9 Å². The first-order valence-corrected chi connectivity index (χ1v) is 24.4. The molecule has 1 fully saturated rings. The number of fused-ring (bicyclic) bond motifs is 1. The molecule has 3 atom stereocenters. The van der Waals surface area contributed by atoms with Crippen LogP contribution in [0.5, 0.6) is 0 Å². The Morgan fingerprint density at radius 2 is 1.31 bits per heavy atom. The number of thioether (sulfide) groups is 1. The van der Waals surface area contributed by atoms with E-state index in [2.05, 4.69) is 52.2 Å². The Morgan fingerprint density at radius 3 is 1.84 bits per heavy atom. The van der Waals surface area contributed by atoms with Gasteiger partial charge in [0.25, 0.3) is 11.8 Å². The van der Waals surface area contributed by atoms with Gasteiger partial charge in [-0.3, -0.25) is 14.5 Å². The summed E-state index contributed by atoms with van der Waals surface area (Å²) in [5.41, 5.74) is 3.75. The third-order valence-corrected chi connectivity index (χ3v) is 14.5. The normalized spacial score (nSPS) is 17.2. The highest BCUT2D eigenvalue weighted by Crippen LogP contribution is 2.42. The lowest BCUT2D eigenvalue weighted by Crippen LogP contribution is -2.75. The standard InChI is InChI=1S/C53H43N5O6S3/c1-63-57-44(43-34-66-52(54-43)56-53(39-24-12-4-13-25-39,40-26-14-5-15-27-40)41-28-16-6-17-29-41)48(59)55-45-49(60)58-46(38(35-67(62)50(45)58)32-33-65-42-30-18-7-19-31-42)51(61)64-47(36-20-8-2-9-21-36)37-22-10-3-11-23-37/h2-34,45,47,50H,35H2,1H3,(H,54,56)(H,55,59). The molecule has 1 aromatic heterocycles. The van der Waals surface area contributed by atoms with Gasteiger partial charge in [-0.15, -0.1) is 11.3 Å². The second kappa shape index (κ2) is 20.5. The number of thiazole rings is 1. The number of β-lactam (4-membered cyclic amide) rings is 1. The van der Waals surface area contributed by atoms with Gasteiger partial charge in [-0.25, -0.2) is 9.78 Å². The fraction of sp³-hybridized carbons (Fsp3) is 0.113. The fourth-order valence-electron chi connectivity index (χ4n) is 8.25. The summed E-state index contributed by atoms with van der Waals surface area (Å²) >= 11 is 0.935. The minimum Gasteiger partial charge on any atom is -0.614 e. The number of nitrogens with zero attached hydrogens (tertiary/aromatic N) is 3. The lowest BCUT2D eigenvalue weighted by Gasteiger charge is -2.49. The van der Waals surface area contributed by atoms with Crippen molar-refractivity contribution in [2.75, 3.05) is 18.2 Å². The molecule has 14 heteroatoms. The summed E-state index contributed by atoms with van der Waals surface area (Å²) in [4.78, 5) is 55.4. The number of oxime groups is 1. The molecule has 3 unspecified atom stereocenters. The largest absolute Gasteiger partial charge is 0.614 e. The lowest BCUT2D eigenvalue weighted by atomic mass is 9.77. The van der Waals surface area contributed by atoms with Gasteiger partial charge in [0.15, 0.2) is 23.0 Å². The average molecular weight is 942 g/mol. The van der Waals surface area contributed by atoms with Gasteiger partial charge in [-0.05, 0) is 62.6 Å². The zero-order valence-electron chi connectivity index (χ0n) is 36.0. The Kier molecular flexibility index (Phi) is 13.8. The van der Waals surface area contributed by atoms with E-state index in [1.807, 2.05) is 146 Å². The second-order valence-electron chi connectivity index (χ2n) is 15.4. The van der Waals surface area contributed by atoms with E-state index in [1.165, 1.54) is 35.1 Å². The van der Waals surface area contributed by atoms with Crippen LogP contribution in [0.3, 0.4) is 0 Å². The van der Waals surface area contributed by atoms with E-state index >= 15 is 0 Å². The maximum atomic E-state index is 14.6. The molecule has 6 aromatic carbocycles. The summed E-state index contributed by atoms with van der Waals surface area (Å²) in [5.74, 6) is -2.26. The molecule has 334 valence electrons. The molecule has 0 saturated carbocycles. The lowest BCUT2D eigenvalue weighted by molar-refractivity contribution is -0.154. The van der Waals surface area contributed by atoms with Gasteiger partial charge in [0, 0.05) is 15.8 Å². The Hall–Kier alpha value is -7.23. The summed E-state index contributed by atoms with van der Waals surface area (Å²) in [7, 11) is 1.31. The van der Waals surface area contributed by atoms with Crippen molar-refractivity contribution < 1.29 is 28.5 Å². The number of carbonyl (C=O) groups excluding carboxylic acids is 3. The highest BCUT2D eigenvalue weighted by atomic mass is 32.2. The van der Waals surface area contributed by atoms with Crippen LogP contribution in [0.25, 0.3) is 0 Å². The van der Waals surface area contributed by atoms with Crippen LogP contribution in [0.15, 0.2) is 220 Å². The molecule has 0 spiro atoms. The number of amides is 2. The molecule has 2 aliphatic heterocycles. The Labute approximate surface area is 399 Å². The van der Waals surface area contributed by atoms with Crippen LogP contribution in [-0.4, -0.2) is 62.2 Å². The molecule has 7 aromatic rings. The molecule has 2 N–H and O–H groups in total. The zero-order valence-corrected chi connectivity index (χ0v) is 38.5. The monoisotopic (exact) mass is 941 g/mol. The van der Waals surface area contributed by atoms with E-state index in [0.29, 0.717) is 10.7 Å². The first kappa shape index (κ1) is 44.9. The number of hydrogen-bond donors (Lipinski definition) is 2. The molecule has 2 amide bonds. The molecule has 11 nitrogen and oxygen atoms in total. The molecule has 0 aliphatic carbocycles. The topological polar surface area (TPSA) is 145 Å². The van der Waals surface area contributed by atoms with Crippen molar-refractivity contribution in [1.29, 1.82) is 0 Å². The number of aromatic nitrogens is 1. The molecule has 1 saturated heterocycles. The summed E-state index contributed by atoms with van der Waals surface area (Å²) in [6.45, 7) is 0. The number of nitrogens with one attached hydrogen (secondary N) is 2. The summed E-state index contributed by atoms with van der Waals surface area (Å²) in [5, 5.41) is 13.4. The van der Waals surface area contributed by atoms with Crippen LogP contribution < -0.4 is 10.6 Å². The van der Waals surface area contributed by atoms with E-state index in [4.69, 9.17) is 14.6 Å². The van der Waals surface area contributed by atoms with Crippen LogP contribution in [-0.2, 0) is 40.7 Å². The number of esters is 1. The van der Waals surface area contributed by atoms with Gasteiger partial charge < -0.3 is 24.8 Å². The predicted octanol–water partition coefficient (Wildman–Crippen LogP) is 9.21. The highest BCUT2D eigenvalue weighted by molar-refractivity contribution is 8.02. The molecule has 0 radical (unpaired) electrons. The number of rotatable bonds is 16. The fourth-order valence-corrected chi connectivity index (χ4v) is 11.3. The van der Waals surface area contributed by atoms with Crippen LogP contribution >= 0.6 is 23.1 Å². The number of ether oxygens (including phenoxy) is 1. The Morgan fingerprint density at radius 1 is 0.806 bits per heavy atom. The van der Waals surface area contributed by atoms with Crippen molar-refractivity contribution >= 4 is 62.9 Å². The van der Waals surface area contributed by atoms with E-state index in [-0.39, 0.29) is 22.9 Å². The van der Waals surface area contributed by atoms with Crippen LogP contribution in [0.1, 0.15) is 39.6 Å². The van der Waals surface area contributed by atoms with Crippen molar-refractivity contribution in [2.45, 2.75) is 28.0 Å². The zero-order chi connectivity index (χ0) is 46.2. The molecular formula is C53H43N5O6S3. The van der Waals surface area contributed by atoms with E-state index in [1.54, 1.807) is 16.9 Å². The highest BCUT2D eigenvalue weighted by Gasteiger charge is 2.61. The molecule has 3 heterocycles.